The van der Waals surface area contributed by atoms with Gasteiger partial charge in [-0.25, -0.2) is 0 Å². The highest BCUT2D eigenvalue weighted by atomic mass is 32.2. The Balaban J connectivity index is 2.18. The largest absolute Gasteiger partial charge is 0.497 e. The first-order chi connectivity index (χ1) is 10.5. The molecule has 0 aromatic heterocycles. The van der Waals surface area contributed by atoms with Crippen molar-refractivity contribution < 1.29 is 19.1 Å². The molecule has 0 aliphatic carbocycles. The van der Waals surface area contributed by atoms with Gasteiger partial charge in [-0.2, -0.15) is 0 Å². The number of hydrogen-bond acceptors (Lipinski definition) is 5. The van der Waals surface area contributed by atoms with Crippen LogP contribution in [0.25, 0.3) is 0 Å². The molecule has 1 N–H and O–H groups in total. The number of methoxy groups -OCH3 is 1. The first kappa shape index (κ1) is 18.4. The predicted molar refractivity (Wildman–Crippen MR) is 87.1 cm³/mol. The lowest BCUT2D eigenvalue weighted by Crippen LogP contribution is -2.30. The molecule has 0 radical (unpaired) electrons. The van der Waals surface area contributed by atoms with E-state index < -0.39 is 5.97 Å². The molecule has 0 aliphatic rings. The van der Waals surface area contributed by atoms with Crippen LogP contribution in [-0.2, 0) is 14.3 Å². The Morgan fingerprint density at radius 3 is 2.50 bits per heavy atom. The van der Waals surface area contributed by atoms with Crippen LogP contribution in [0.5, 0.6) is 5.75 Å². The highest BCUT2D eigenvalue weighted by molar-refractivity contribution is 8.00. The van der Waals surface area contributed by atoms with Crippen LogP contribution in [0.3, 0.4) is 0 Å². The second-order valence-electron chi connectivity index (χ2n) is 5.16. The predicted octanol–water partition coefficient (Wildman–Crippen LogP) is 2.49. The highest BCUT2D eigenvalue weighted by Gasteiger charge is 2.08. The van der Waals surface area contributed by atoms with Gasteiger partial charge in [-0.1, -0.05) is 13.8 Å². The fraction of sp³-hybridized carbons (Fsp3) is 0.500. The van der Waals surface area contributed by atoms with Crippen LogP contribution < -0.4 is 10.1 Å². The third-order valence-electron chi connectivity index (χ3n) is 2.82. The number of thioether (sulfide) groups is 1. The van der Waals surface area contributed by atoms with E-state index in [4.69, 9.17) is 9.47 Å². The van der Waals surface area contributed by atoms with E-state index in [0.717, 1.165) is 17.1 Å². The fourth-order valence-corrected chi connectivity index (χ4v) is 2.25. The number of rotatable bonds is 9. The molecule has 22 heavy (non-hydrogen) atoms. The first-order valence-electron chi connectivity index (χ1n) is 7.20. The zero-order chi connectivity index (χ0) is 16.4. The molecule has 5 nitrogen and oxygen atoms in total. The third-order valence-corrected chi connectivity index (χ3v) is 3.81. The van der Waals surface area contributed by atoms with Crippen LogP contribution in [0, 0.1) is 5.92 Å². The molecule has 1 rings (SSSR count). The molecule has 1 amide bonds. The van der Waals surface area contributed by atoms with Crippen LogP contribution in [0.15, 0.2) is 29.2 Å². The van der Waals surface area contributed by atoms with Crippen molar-refractivity contribution in [3.8, 4) is 5.75 Å². The van der Waals surface area contributed by atoms with Gasteiger partial charge in [0.2, 0.25) is 0 Å². The van der Waals surface area contributed by atoms with Crippen molar-refractivity contribution in [2.45, 2.75) is 25.2 Å². The van der Waals surface area contributed by atoms with Gasteiger partial charge in [0, 0.05) is 11.4 Å². The summed E-state index contributed by atoms with van der Waals surface area (Å²) in [7, 11) is 1.60. The number of carbonyl (C=O) groups excluding carboxylic acids is 2. The number of nitrogens with one attached hydrogen (secondary N) is 1. The maximum Gasteiger partial charge on any atom is 0.316 e. The number of hydrogen-bond donors (Lipinski definition) is 1. The van der Waals surface area contributed by atoms with Gasteiger partial charge in [-0.15, -0.1) is 11.8 Å². The summed E-state index contributed by atoms with van der Waals surface area (Å²) in [6.45, 7) is 4.56. The minimum absolute atomic E-state index is 0.172. The molecular formula is C16H23NO4S. The van der Waals surface area contributed by atoms with Gasteiger partial charge in [0.05, 0.1) is 12.9 Å². The van der Waals surface area contributed by atoms with Gasteiger partial charge >= 0.3 is 5.97 Å². The molecule has 0 spiro atoms. The number of carbonyl (C=O) groups is 2. The minimum atomic E-state index is -0.403. The lowest BCUT2D eigenvalue weighted by atomic mass is 10.1. The summed E-state index contributed by atoms with van der Waals surface area (Å²) in [6, 6.07) is 7.40. The van der Waals surface area contributed by atoms with E-state index in [1.807, 2.05) is 24.3 Å². The van der Waals surface area contributed by atoms with E-state index in [2.05, 4.69) is 19.2 Å². The van der Waals surface area contributed by atoms with Crippen molar-refractivity contribution in [2.75, 3.05) is 26.0 Å². The summed E-state index contributed by atoms with van der Waals surface area (Å²) < 4.78 is 9.99. The maximum absolute atomic E-state index is 11.6. The summed E-state index contributed by atoms with van der Waals surface area (Å²) in [4.78, 5) is 24.0. The van der Waals surface area contributed by atoms with Crippen LogP contribution >= 0.6 is 11.8 Å². The van der Waals surface area contributed by atoms with Crippen molar-refractivity contribution in [3.05, 3.63) is 24.3 Å². The Hall–Kier alpha value is -1.69. The topological polar surface area (TPSA) is 64.6 Å². The van der Waals surface area contributed by atoms with E-state index in [9.17, 15) is 9.59 Å². The molecular weight excluding hydrogens is 302 g/mol. The third kappa shape index (κ3) is 7.93. The fourth-order valence-electron chi connectivity index (χ4n) is 1.55. The maximum atomic E-state index is 11.6. The lowest BCUT2D eigenvalue weighted by molar-refractivity contribution is -0.145. The highest BCUT2D eigenvalue weighted by Crippen LogP contribution is 2.21. The quantitative estimate of drug-likeness (QED) is 0.558. The number of esters is 1. The van der Waals surface area contributed by atoms with Crippen molar-refractivity contribution in [2.24, 2.45) is 5.92 Å². The van der Waals surface area contributed by atoms with Gasteiger partial charge in [-0.3, -0.25) is 9.59 Å². The summed E-state index contributed by atoms with van der Waals surface area (Å²) >= 11 is 1.36. The van der Waals surface area contributed by atoms with E-state index in [0.29, 0.717) is 12.5 Å². The normalized spacial score (nSPS) is 10.4. The molecule has 0 saturated heterocycles. The number of amides is 1. The summed E-state index contributed by atoms with van der Waals surface area (Å²) in [5.74, 6) is 0.808. The van der Waals surface area contributed by atoms with Gasteiger partial charge in [-0.05, 0) is 36.6 Å². The molecule has 1 aromatic carbocycles. The molecule has 0 saturated carbocycles. The molecule has 1 aromatic rings. The molecule has 0 aliphatic heterocycles. The molecule has 122 valence electrons. The van der Waals surface area contributed by atoms with E-state index in [1.54, 1.807) is 7.11 Å². The van der Waals surface area contributed by atoms with Gasteiger partial charge < -0.3 is 14.8 Å². The monoisotopic (exact) mass is 325 g/mol. The van der Waals surface area contributed by atoms with Gasteiger partial charge in [0.25, 0.3) is 5.91 Å². The second-order valence-corrected chi connectivity index (χ2v) is 6.21. The van der Waals surface area contributed by atoms with Gasteiger partial charge in [0.15, 0.2) is 6.61 Å². The zero-order valence-electron chi connectivity index (χ0n) is 13.3. The number of ether oxygens (including phenoxy) is 2. The summed E-state index contributed by atoms with van der Waals surface area (Å²) in [5.41, 5.74) is 0. The molecule has 0 bridgehead atoms. The minimum Gasteiger partial charge on any atom is -0.497 e. The summed E-state index contributed by atoms with van der Waals surface area (Å²) in [6.07, 6.45) is 0.910. The van der Waals surface area contributed by atoms with Crippen molar-refractivity contribution in [3.63, 3.8) is 0 Å². The van der Waals surface area contributed by atoms with Crippen LogP contribution in [0.1, 0.15) is 20.3 Å². The molecule has 0 fully saturated rings. The molecule has 0 heterocycles. The zero-order valence-corrected chi connectivity index (χ0v) is 14.1. The van der Waals surface area contributed by atoms with Crippen molar-refractivity contribution >= 4 is 23.6 Å². The van der Waals surface area contributed by atoms with Gasteiger partial charge in [0.1, 0.15) is 5.75 Å². The SMILES string of the molecule is COc1ccc(SCC(=O)OCC(=O)NCCC(C)C)cc1. The van der Waals surface area contributed by atoms with E-state index in [1.165, 1.54) is 11.8 Å². The Morgan fingerprint density at radius 2 is 1.91 bits per heavy atom. The van der Waals surface area contributed by atoms with Crippen LogP contribution in [0.2, 0.25) is 0 Å². The van der Waals surface area contributed by atoms with E-state index >= 15 is 0 Å². The van der Waals surface area contributed by atoms with Crippen molar-refractivity contribution in [1.82, 2.24) is 5.32 Å². The van der Waals surface area contributed by atoms with Crippen molar-refractivity contribution in [1.29, 1.82) is 0 Å². The Labute approximate surface area is 135 Å². The van der Waals surface area contributed by atoms with E-state index in [-0.39, 0.29) is 18.3 Å². The molecule has 6 heteroatoms. The lowest BCUT2D eigenvalue weighted by Gasteiger charge is -2.08. The number of benzene rings is 1. The standard InChI is InChI=1S/C16H23NO4S/c1-12(2)8-9-17-15(18)10-21-16(19)11-22-14-6-4-13(20-3)5-7-14/h4-7,12H,8-11H2,1-3H3,(H,17,18). The Morgan fingerprint density at radius 1 is 1.23 bits per heavy atom. The average molecular weight is 325 g/mol. The summed E-state index contributed by atoms with van der Waals surface area (Å²) in [5, 5.41) is 2.72. The Kier molecular flexibility index (Phi) is 8.43. The smallest absolute Gasteiger partial charge is 0.316 e. The first-order valence-corrected chi connectivity index (χ1v) is 8.19. The second kappa shape index (κ2) is 10.1. The van der Waals surface area contributed by atoms with Crippen LogP contribution in [-0.4, -0.2) is 37.9 Å². The molecule has 0 atom stereocenters. The average Bonchev–Trinajstić information content (AvgIpc) is 2.51. The Bertz CT molecular complexity index is 474. The van der Waals surface area contributed by atoms with Crippen LogP contribution in [0.4, 0.5) is 0 Å². The molecule has 0 unspecified atom stereocenters.